The summed E-state index contributed by atoms with van der Waals surface area (Å²) in [6.45, 7) is 6.10. The first-order chi connectivity index (χ1) is 5.04. The number of ketones is 1. The van der Waals surface area contributed by atoms with Crippen LogP contribution >= 0.6 is 0 Å². The highest BCUT2D eigenvalue weighted by Gasteiger charge is 2.34. The minimum atomic E-state index is 0.0116. The summed E-state index contributed by atoms with van der Waals surface area (Å²) in [6, 6.07) is 0. The van der Waals surface area contributed by atoms with E-state index >= 15 is 0 Å². The Morgan fingerprint density at radius 3 is 2.55 bits per heavy atom. The van der Waals surface area contributed by atoms with Crippen LogP contribution in [-0.4, -0.2) is 5.78 Å². The van der Waals surface area contributed by atoms with Crippen LogP contribution in [-0.2, 0) is 4.79 Å². The van der Waals surface area contributed by atoms with Gasteiger partial charge in [0.1, 0.15) is 5.78 Å². The number of carbonyl (C=O) groups excluding carboxylic acids is 1. The van der Waals surface area contributed by atoms with Crippen LogP contribution in [0.4, 0.5) is 0 Å². The quantitative estimate of drug-likeness (QED) is 0.567. The second-order valence-electron chi connectivity index (χ2n) is 4.32. The fourth-order valence-electron chi connectivity index (χ4n) is 2.13. The average Bonchev–Trinajstić information content (AvgIpc) is 1.86. The molecule has 0 aliphatic heterocycles. The van der Waals surface area contributed by atoms with Gasteiger partial charge >= 0.3 is 0 Å². The topological polar surface area (TPSA) is 17.1 Å². The Morgan fingerprint density at radius 2 is 2.18 bits per heavy atom. The molecule has 0 aromatic heterocycles. The molecule has 0 spiro atoms. The molecular weight excluding hydrogens is 136 g/mol. The minimum Gasteiger partial charge on any atom is -0.299 e. The van der Waals surface area contributed by atoms with Gasteiger partial charge in [-0.2, -0.15) is 0 Å². The van der Waals surface area contributed by atoms with Gasteiger partial charge in [0, 0.05) is 5.41 Å². The number of carbonyl (C=O) groups is 1. The van der Waals surface area contributed by atoms with E-state index in [1.165, 1.54) is 12.8 Å². The maximum absolute atomic E-state index is 11.3. The highest BCUT2D eigenvalue weighted by molar-refractivity contribution is 5.81. The van der Waals surface area contributed by atoms with Gasteiger partial charge in [-0.05, 0) is 25.7 Å². The smallest absolute Gasteiger partial charge is 0.135 e. The van der Waals surface area contributed by atoms with Gasteiger partial charge in [0.05, 0.1) is 0 Å². The van der Waals surface area contributed by atoms with Crippen LogP contribution in [0.1, 0.15) is 46.5 Å². The molecule has 1 heteroatoms. The van der Waals surface area contributed by atoms with E-state index in [9.17, 15) is 4.79 Å². The van der Waals surface area contributed by atoms with Crippen molar-refractivity contribution in [3.63, 3.8) is 0 Å². The molecule has 1 rings (SSSR count). The number of hydrogen-bond donors (Lipinski definition) is 0. The lowest BCUT2D eigenvalue weighted by Gasteiger charge is -2.34. The summed E-state index contributed by atoms with van der Waals surface area (Å²) < 4.78 is 0. The second kappa shape index (κ2) is 2.96. The largest absolute Gasteiger partial charge is 0.299 e. The van der Waals surface area contributed by atoms with Crippen LogP contribution in [0.2, 0.25) is 0 Å². The van der Waals surface area contributed by atoms with Crippen molar-refractivity contribution in [1.29, 1.82) is 0 Å². The van der Waals surface area contributed by atoms with Gasteiger partial charge in [-0.25, -0.2) is 0 Å². The Balaban J connectivity index is 2.63. The lowest BCUT2D eigenvalue weighted by atomic mass is 9.69. The van der Waals surface area contributed by atoms with Crippen molar-refractivity contribution in [2.45, 2.75) is 46.5 Å². The van der Waals surface area contributed by atoms with E-state index in [0.29, 0.717) is 5.78 Å². The summed E-state index contributed by atoms with van der Waals surface area (Å²) in [7, 11) is 0. The van der Waals surface area contributed by atoms with Crippen molar-refractivity contribution in [1.82, 2.24) is 0 Å². The third kappa shape index (κ3) is 1.82. The summed E-state index contributed by atoms with van der Waals surface area (Å²) in [5, 5.41) is 0. The van der Waals surface area contributed by atoms with Crippen LogP contribution in [0.15, 0.2) is 0 Å². The monoisotopic (exact) mass is 154 g/mol. The molecule has 0 amide bonds. The maximum atomic E-state index is 11.3. The summed E-state index contributed by atoms with van der Waals surface area (Å²) in [6.07, 6.45) is 4.75. The third-order valence-electron chi connectivity index (χ3n) is 3.07. The molecule has 2 atom stereocenters. The zero-order chi connectivity index (χ0) is 8.48. The van der Waals surface area contributed by atoms with E-state index in [2.05, 4.69) is 13.8 Å². The summed E-state index contributed by atoms with van der Waals surface area (Å²) >= 11 is 0. The first kappa shape index (κ1) is 8.76. The molecule has 1 aliphatic rings. The molecule has 11 heavy (non-hydrogen) atoms. The summed E-state index contributed by atoms with van der Waals surface area (Å²) in [4.78, 5) is 11.3. The van der Waals surface area contributed by atoms with Gasteiger partial charge in [-0.15, -0.1) is 0 Å². The first-order valence-electron chi connectivity index (χ1n) is 4.56. The predicted molar refractivity (Wildman–Crippen MR) is 46.4 cm³/mol. The Kier molecular flexibility index (Phi) is 2.36. The van der Waals surface area contributed by atoms with Gasteiger partial charge in [0.25, 0.3) is 0 Å². The van der Waals surface area contributed by atoms with Crippen molar-refractivity contribution in [3.8, 4) is 0 Å². The van der Waals surface area contributed by atoms with Crippen molar-refractivity contribution >= 4 is 5.78 Å². The molecule has 0 heterocycles. The molecule has 2 unspecified atom stereocenters. The Bertz CT molecular complexity index is 162. The van der Waals surface area contributed by atoms with Crippen molar-refractivity contribution in [3.05, 3.63) is 0 Å². The molecule has 0 aromatic rings. The summed E-state index contributed by atoms with van der Waals surface area (Å²) in [5.41, 5.74) is 0.0116. The number of rotatable bonds is 1. The zero-order valence-corrected chi connectivity index (χ0v) is 7.81. The molecule has 0 bridgehead atoms. The predicted octanol–water partition coefficient (Wildman–Crippen LogP) is 2.79. The Labute approximate surface area is 69.2 Å². The van der Waals surface area contributed by atoms with Crippen molar-refractivity contribution in [2.75, 3.05) is 0 Å². The lowest BCUT2D eigenvalue weighted by molar-refractivity contribution is -0.128. The highest BCUT2D eigenvalue weighted by Crippen LogP contribution is 2.39. The van der Waals surface area contributed by atoms with E-state index in [-0.39, 0.29) is 5.41 Å². The van der Waals surface area contributed by atoms with Gasteiger partial charge in [-0.3, -0.25) is 4.79 Å². The normalized spacial score (nSPS) is 38.6. The third-order valence-corrected chi connectivity index (χ3v) is 3.07. The number of hydrogen-bond acceptors (Lipinski definition) is 1. The molecule has 1 fully saturated rings. The minimum absolute atomic E-state index is 0.0116. The summed E-state index contributed by atoms with van der Waals surface area (Å²) in [5.74, 6) is 1.13. The molecule has 0 aromatic carbocycles. The van der Waals surface area contributed by atoms with E-state index in [4.69, 9.17) is 0 Å². The van der Waals surface area contributed by atoms with Crippen molar-refractivity contribution in [2.24, 2.45) is 11.3 Å². The standard InChI is InChI=1S/C10H18O/c1-8-5-4-6-10(3,7-8)9(2)11/h8H,4-7H2,1-3H3. The molecule has 0 radical (unpaired) electrons. The highest BCUT2D eigenvalue weighted by atomic mass is 16.1. The van der Waals surface area contributed by atoms with Gasteiger partial charge < -0.3 is 0 Å². The second-order valence-corrected chi connectivity index (χ2v) is 4.32. The van der Waals surface area contributed by atoms with E-state index in [0.717, 1.165) is 18.8 Å². The van der Waals surface area contributed by atoms with Crippen LogP contribution in [0.5, 0.6) is 0 Å². The van der Waals surface area contributed by atoms with Gasteiger partial charge in [-0.1, -0.05) is 26.7 Å². The molecule has 1 nitrogen and oxygen atoms in total. The Hall–Kier alpha value is -0.330. The van der Waals surface area contributed by atoms with E-state index in [1.54, 1.807) is 6.92 Å². The van der Waals surface area contributed by atoms with Crippen LogP contribution in [0, 0.1) is 11.3 Å². The molecule has 1 saturated carbocycles. The van der Waals surface area contributed by atoms with E-state index in [1.807, 2.05) is 0 Å². The Morgan fingerprint density at radius 1 is 1.55 bits per heavy atom. The fraction of sp³-hybridized carbons (Fsp3) is 0.900. The van der Waals surface area contributed by atoms with Gasteiger partial charge in [0.2, 0.25) is 0 Å². The zero-order valence-electron chi connectivity index (χ0n) is 7.81. The van der Waals surface area contributed by atoms with Crippen LogP contribution in [0.3, 0.4) is 0 Å². The van der Waals surface area contributed by atoms with E-state index < -0.39 is 0 Å². The lowest BCUT2D eigenvalue weighted by Crippen LogP contribution is -2.31. The molecular formula is C10H18O. The first-order valence-corrected chi connectivity index (χ1v) is 4.56. The molecule has 0 N–H and O–H groups in total. The molecule has 1 aliphatic carbocycles. The SMILES string of the molecule is CC(=O)C1(C)CCCC(C)C1. The number of Topliss-reactive ketones (excluding diaryl/α,β-unsaturated/α-hetero) is 1. The van der Waals surface area contributed by atoms with Crippen LogP contribution < -0.4 is 0 Å². The fourth-order valence-corrected chi connectivity index (χ4v) is 2.13. The molecule has 0 saturated heterocycles. The van der Waals surface area contributed by atoms with Crippen LogP contribution in [0.25, 0.3) is 0 Å². The average molecular weight is 154 g/mol. The maximum Gasteiger partial charge on any atom is 0.135 e. The van der Waals surface area contributed by atoms with Crippen molar-refractivity contribution < 1.29 is 4.79 Å². The molecule has 64 valence electrons. The van der Waals surface area contributed by atoms with Gasteiger partial charge in [0.15, 0.2) is 0 Å².